The van der Waals surface area contributed by atoms with E-state index in [0.29, 0.717) is 17.0 Å². The number of carbonyl (C=O) groups excluding carboxylic acids is 1. The monoisotopic (exact) mass is 272 g/mol. The molecule has 0 aliphatic carbocycles. The van der Waals surface area contributed by atoms with E-state index >= 15 is 0 Å². The Morgan fingerprint density at radius 3 is 2.70 bits per heavy atom. The lowest BCUT2D eigenvalue weighted by atomic mass is 10.1. The molecule has 0 fully saturated rings. The quantitative estimate of drug-likeness (QED) is 0.870. The van der Waals surface area contributed by atoms with Crippen LogP contribution in [0.2, 0.25) is 0 Å². The fourth-order valence-electron chi connectivity index (χ4n) is 2.00. The SMILES string of the molecule is Cc1cc(C)c(C(=O)O[C@@H](C)c2ccccn2)c(=O)[nH]1. The van der Waals surface area contributed by atoms with E-state index in [0.717, 1.165) is 0 Å². The first kappa shape index (κ1) is 14.0. The summed E-state index contributed by atoms with van der Waals surface area (Å²) >= 11 is 0. The molecule has 0 aromatic carbocycles. The molecule has 0 saturated heterocycles. The number of aryl methyl sites for hydroxylation is 2. The summed E-state index contributed by atoms with van der Waals surface area (Å²) in [6.07, 6.45) is 1.12. The highest BCUT2D eigenvalue weighted by Gasteiger charge is 2.19. The third kappa shape index (κ3) is 2.93. The second kappa shape index (κ2) is 5.69. The molecule has 2 aromatic rings. The van der Waals surface area contributed by atoms with Crippen LogP contribution in [0.15, 0.2) is 35.3 Å². The van der Waals surface area contributed by atoms with E-state index < -0.39 is 17.6 Å². The predicted octanol–water partition coefficient (Wildman–Crippen LogP) is 2.30. The molecule has 0 spiro atoms. The Balaban J connectivity index is 2.23. The molecule has 5 nitrogen and oxygen atoms in total. The summed E-state index contributed by atoms with van der Waals surface area (Å²) in [6.45, 7) is 5.20. The van der Waals surface area contributed by atoms with Crippen LogP contribution in [-0.4, -0.2) is 15.9 Å². The van der Waals surface area contributed by atoms with Crippen molar-refractivity contribution in [3.05, 3.63) is 63.3 Å². The fraction of sp³-hybridized carbons (Fsp3) is 0.267. The number of hydrogen-bond donors (Lipinski definition) is 1. The maximum Gasteiger partial charge on any atom is 0.344 e. The molecule has 2 rings (SSSR count). The number of aromatic amines is 1. The minimum atomic E-state index is -0.637. The zero-order valence-electron chi connectivity index (χ0n) is 11.6. The highest BCUT2D eigenvalue weighted by molar-refractivity contribution is 5.90. The summed E-state index contributed by atoms with van der Waals surface area (Å²) < 4.78 is 5.30. The Labute approximate surface area is 116 Å². The van der Waals surface area contributed by atoms with E-state index in [1.54, 1.807) is 45.2 Å². The lowest BCUT2D eigenvalue weighted by molar-refractivity contribution is 0.0326. The summed E-state index contributed by atoms with van der Waals surface area (Å²) in [6, 6.07) is 7.11. The average Bonchev–Trinajstić information content (AvgIpc) is 2.38. The average molecular weight is 272 g/mol. The number of aromatic nitrogens is 2. The van der Waals surface area contributed by atoms with Gasteiger partial charge in [-0.15, -0.1) is 0 Å². The Kier molecular flexibility index (Phi) is 3.98. The maximum atomic E-state index is 12.1. The molecule has 0 aliphatic rings. The largest absolute Gasteiger partial charge is 0.452 e. The van der Waals surface area contributed by atoms with E-state index in [1.807, 2.05) is 6.07 Å². The molecule has 20 heavy (non-hydrogen) atoms. The van der Waals surface area contributed by atoms with Gasteiger partial charge in [-0.2, -0.15) is 0 Å². The third-order valence-electron chi connectivity index (χ3n) is 2.96. The van der Waals surface area contributed by atoms with Gasteiger partial charge >= 0.3 is 5.97 Å². The molecule has 1 atom stereocenters. The molecule has 2 heterocycles. The second-order valence-electron chi connectivity index (χ2n) is 4.64. The van der Waals surface area contributed by atoms with Gasteiger partial charge in [-0.25, -0.2) is 4.79 Å². The second-order valence-corrected chi connectivity index (χ2v) is 4.64. The molecular weight excluding hydrogens is 256 g/mol. The topological polar surface area (TPSA) is 72.0 Å². The van der Waals surface area contributed by atoms with Crippen LogP contribution in [0, 0.1) is 13.8 Å². The van der Waals surface area contributed by atoms with Crippen molar-refractivity contribution in [2.45, 2.75) is 26.9 Å². The summed E-state index contributed by atoms with van der Waals surface area (Å²) in [5, 5.41) is 0. The van der Waals surface area contributed by atoms with E-state index in [4.69, 9.17) is 4.74 Å². The number of carbonyl (C=O) groups is 1. The highest BCUT2D eigenvalue weighted by atomic mass is 16.5. The van der Waals surface area contributed by atoms with Crippen molar-refractivity contribution in [2.24, 2.45) is 0 Å². The number of rotatable bonds is 3. The van der Waals surface area contributed by atoms with E-state index in [1.165, 1.54) is 0 Å². The van der Waals surface area contributed by atoms with Crippen LogP contribution in [0.5, 0.6) is 0 Å². The molecule has 0 amide bonds. The van der Waals surface area contributed by atoms with Gasteiger partial charge in [0.1, 0.15) is 11.7 Å². The predicted molar refractivity (Wildman–Crippen MR) is 74.6 cm³/mol. The lowest BCUT2D eigenvalue weighted by Gasteiger charge is -2.13. The highest BCUT2D eigenvalue weighted by Crippen LogP contribution is 2.16. The molecular formula is C15H16N2O3. The van der Waals surface area contributed by atoms with E-state index in [-0.39, 0.29) is 5.56 Å². The first-order chi connectivity index (χ1) is 9.49. The molecule has 0 saturated carbocycles. The number of ether oxygens (including phenoxy) is 1. The van der Waals surface area contributed by atoms with Gasteiger partial charge in [0, 0.05) is 11.9 Å². The Hall–Kier alpha value is -2.43. The fourth-order valence-corrected chi connectivity index (χ4v) is 2.00. The first-order valence-electron chi connectivity index (χ1n) is 6.31. The van der Waals surface area contributed by atoms with Crippen LogP contribution in [-0.2, 0) is 4.74 Å². The van der Waals surface area contributed by atoms with Crippen molar-refractivity contribution >= 4 is 5.97 Å². The summed E-state index contributed by atoms with van der Waals surface area (Å²) in [5.41, 5.74) is 1.56. The summed E-state index contributed by atoms with van der Waals surface area (Å²) in [5.74, 6) is -0.637. The van der Waals surface area contributed by atoms with Crippen molar-refractivity contribution in [1.82, 2.24) is 9.97 Å². The van der Waals surface area contributed by atoms with Crippen LogP contribution in [0.1, 0.15) is 40.3 Å². The third-order valence-corrected chi connectivity index (χ3v) is 2.96. The number of nitrogens with one attached hydrogen (secondary N) is 1. The number of nitrogens with zero attached hydrogens (tertiary/aromatic N) is 1. The Morgan fingerprint density at radius 2 is 2.10 bits per heavy atom. The lowest BCUT2D eigenvalue weighted by Crippen LogP contribution is -2.23. The van der Waals surface area contributed by atoms with Crippen molar-refractivity contribution < 1.29 is 9.53 Å². The van der Waals surface area contributed by atoms with Gasteiger partial charge in [0.2, 0.25) is 0 Å². The molecule has 1 N–H and O–H groups in total. The number of esters is 1. The number of H-pyrrole nitrogens is 1. The van der Waals surface area contributed by atoms with E-state index in [2.05, 4.69) is 9.97 Å². The van der Waals surface area contributed by atoms with Crippen molar-refractivity contribution in [1.29, 1.82) is 0 Å². The van der Waals surface area contributed by atoms with Crippen LogP contribution < -0.4 is 5.56 Å². The molecule has 0 aliphatic heterocycles. The van der Waals surface area contributed by atoms with Gasteiger partial charge < -0.3 is 9.72 Å². The van der Waals surface area contributed by atoms with Crippen LogP contribution in [0.4, 0.5) is 0 Å². The molecule has 0 radical (unpaired) electrons. The van der Waals surface area contributed by atoms with Gasteiger partial charge in [-0.3, -0.25) is 9.78 Å². The smallest absolute Gasteiger partial charge is 0.344 e. The number of hydrogen-bond acceptors (Lipinski definition) is 4. The molecule has 2 aromatic heterocycles. The van der Waals surface area contributed by atoms with Crippen LogP contribution >= 0.6 is 0 Å². The van der Waals surface area contributed by atoms with Gasteiger partial charge in [-0.05, 0) is 44.5 Å². The zero-order valence-corrected chi connectivity index (χ0v) is 11.6. The summed E-state index contributed by atoms with van der Waals surface area (Å²) in [7, 11) is 0. The Bertz CT molecular complexity index is 677. The molecule has 0 unspecified atom stereocenters. The standard InChI is InChI=1S/C15H16N2O3/c1-9-8-10(2)17-14(18)13(9)15(19)20-11(3)12-6-4-5-7-16-12/h4-8,11H,1-3H3,(H,17,18)/t11-/m0/s1. The minimum Gasteiger partial charge on any atom is -0.452 e. The Morgan fingerprint density at radius 1 is 1.35 bits per heavy atom. The summed E-state index contributed by atoms with van der Waals surface area (Å²) in [4.78, 5) is 30.7. The molecule has 104 valence electrons. The van der Waals surface area contributed by atoms with Gasteiger partial charge in [0.15, 0.2) is 0 Å². The first-order valence-corrected chi connectivity index (χ1v) is 6.31. The van der Waals surface area contributed by atoms with Gasteiger partial charge in [-0.1, -0.05) is 6.07 Å². The van der Waals surface area contributed by atoms with Crippen LogP contribution in [0.25, 0.3) is 0 Å². The zero-order chi connectivity index (χ0) is 14.7. The van der Waals surface area contributed by atoms with Crippen molar-refractivity contribution in [3.63, 3.8) is 0 Å². The van der Waals surface area contributed by atoms with Crippen LogP contribution in [0.3, 0.4) is 0 Å². The van der Waals surface area contributed by atoms with Gasteiger partial charge in [0.25, 0.3) is 5.56 Å². The minimum absolute atomic E-state index is 0.0402. The molecule has 5 heteroatoms. The maximum absolute atomic E-state index is 12.1. The van der Waals surface area contributed by atoms with E-state index in [9.17, 15) is 9.59 Å². The van der Waals surface area contributed by atoms with Crippen molar-refractivity contribution in [3.8, 4) is 0 Å². The molecule has 0 bridgehead atoms. The van der Waals surface area contributed by atoms with Crippen molar-refractivity contribution in [2.75, 3.05) is 0 Å². The number of pyridine rings is 2. The van der Waals surface area contributed by atoms with Gasteiger partial charge in [0.05, 0.1) is 5.69 Å². The normalized spacial score (nSPS) is 11.9.